The Labute approximate surface area is 226 Å². The molecule has 1 aliphatic rings. The molecule has 1 fully saturated rings. The highest BCUT2D eigenvalue weighted by Gasteiger charge is 2.41. The number of para-hydroxylation sites is 1. The molecule has 2 aromatic heterocycles. The van der Waals surface area contributed by atoms with Gasteiger partial charge in [0.2, 0.25) is 5.91 Å². The molecule has 1 aliphatic heterocycles. The van der Waals surface area contributed by atoms with Gasteiger partial charge in [-0.15, -0.1) is 0 Å². The third-order valence-corrected chi connectivity index (χ3v) is 7.41. The van der Waals surface area contributed by atoms with Gasteiger partial charge in [0.25, 0.3) is 0 Å². The van der Waals surface area contributed by atoms with E-state index in [1.165, 1.54) is 0 Å². The van der Waals surface area contributed by atoms with Crippen LogP contribution in [0.25, 0.3) is 11.3 Å². The quantitative estimate of drug-likeness (QED) is 0.262. The van der Waals surface area contributed by atoms with E-state index in [0.29, 0.717) is 16.7 Å². The number of thiocarbonyl (C=S) groups is 1. The normalized spacial score (nSPS) is 17.1. The highest BCUT2D eigenvalue weighted by Crippen LogP contribution is 2.41. The third-order valence-electron chi connectivity index (χ3n) is 6.65. The zero-order chi connectivity index (χ0) is 25.9. The van der Waals surface area contributed by atoms with Crippen LogP contribution in [0.2, 0.25) is 5.02 Å². The average Bonchev–Trinajstić information content (AvgIpc) is 3.51. The van der Waals surface area contributed by atoms with Crippen LogP contribution in [0.5, 0.6) is 0 Å². The minimum absolute atomic E-state index is 0.0770. The Morgan fingerprint density at radius 3 is 2.68 bits per heavy atom. The van der Waals surface area contributed by atoms with Gasteiger partial charge in [-0.25, -0.2) is 0 Å². The Hall–Kier alpha value is -3.68. The predicted molar refractivity (Wildman–Crippen MR) is 150 cm³/mol. The number of carbonyl (C=O) groups excluding carboxylic acids is 1. The molecule has 188 valence electrons. The van der Waals surface area contributed by atoms with Gasteiger partial charge in [-0.3, -0.25) is 9.78 Å². The molecule has 0 bridgehead atoms. The zero-order valence-corrected chi connectivity index (χ0v) is 22.1. The summed E-state index contributed by atoms with van der Waals surface area (Å²) in [5, 5.41) is 7.65. The number of halogens is 1. The smallest absolute Gasteiger partial charge is 0.226 e. The Kier molecular flexibility index (Phi) is 7.26. The lowest BCUT2D eigenvalue weighted by Crippen LogP contribution is -2.32. The van der Waals surface area contributed by atoms with Crippen LogP contribution in [0.3, 0.4) is 0 Å². The van der Waals surface area contributed by atoms with Crippen molar-refractivity contribution in [1.82, 2.24) is 15.2 Å². The molecule has 2 aromatic carbocycles. The summed E-state index contributed by atoms with van der Waals surface area (Å²) in [7, 11) is 0. The lowest BCUT2D eigenvalue weighted by Gasteiger charge is -2.26. The minimum atomic E-state index is -0.276. The molecular weight excluding hydrogens is 504 g/mol. The predicted octanol–water partition coefficient (Wildman–Crippen LogP) is 6.61. The fourth-order valence-electron chi connectivity index (χ4n) is 4.63. The Balaban J connectivity index is 1.42. The maximum Gasteiger partial charge on any atom is 0.226 e. The molecule has 0 spiro atoms. The lowest BCUT2D eigenvalue weighted by atomic mass is 10.0. The molecule has 0 aliphatic carbocycles. The SMILES string of the molecule is Cc1ccccc1NC(=O)CCN1C(=S)NC(c2ccccn2)C1c1ccc(-c2cccc(Cl)c2C)o1. The number of hydrogen-bond donors (Lipinski definition) is 2. The van der Waals surface area contributed by atoms with Crippen LogP contribution in [-0.4, -0.2) is 27.4 Å². The summed E-state index contributed by atoms with van der Waals surface area (Å²) in [5.74, 6) is 1.38. The van der Waals surface area contributed by atoms with Crippen molar-refractivity contribution in [3.8, 4) is 11.3 Å². The molecule has 2 unspecified atom stereocenters. The number of anilines is 1. The number of rotatable bonds is 7. The van der Waals surface area contributed by atoms with Gasteiger partial charge in [-0.1, -0.05) is 48.0 Å². The topological polar surface area (TPSA) is 70.4 Å². The van der Waals surface area contributed by atoms with Gasteiger partial charge in [0.1, 0.15) is 17.6 Å². The largest absolute Gasteiger partial charge is 0.459 e. The summed E-state index contributed by atoms with van der Waals surface area (Å²) in [4.78, 5) is 19.4. The first-order valence-corrected chi connectivity index (χ1v) is 12.9. The number of aromatic nitrogens is 1. The summed E-state index contributed by atoms with van der Waals surface area (Å²) in [6.45, 7) is 4.37. The monoisotopic (exact) mass is 530 g/mol. The standard InChI is InChI=1S/C29H27ClN4O2S/c1-18-8-3-4-11-22(18)32-26(35)15-17-34-28(27(33-29(34)37)23-12-5-6-16-31-23)25-14-13-24(36-25)20-9-7-10-21(30)19(20)2/h3-14,16,27-28H,15,17H2,1-2H3,(H,32,35)(H,33,37). The van der Waals surface area contributed by atoms with Crippen molar-refractivity contribution in [3.05, 3.63) is 107 Å². The summed E-state index contributed by atoms with van der Waals surface area (Å²) in [6.07, 6.45) is 2.03. The van der Waals surface area contributed by atoms with Gasteiger partial charge in [-0.2, -0.15) is 0 Å². The first-order chi connectivity index (χ1) is 17.9. The molecule has 1 saturated heterocycles. The van der Waals surface area contributed by atoms with Crippen LogP contribution in [0.15, 0.2) is 83.4 Å². The van der Waals surface area contributed by atoms with E-state index < -0.39 is 0 Å². The van der Waals surface area contributed by atoms with Gasteiger partial charge in [0.15, 0.2) is 5.11 Å². The van der Waals surface area contributed by atoms with Crippen molar-refractivity contribution >= 4 is 40.5 Å². The summed E-state index contributed by atoms with van der Waals surface area (Å²) in [6, 6.07) is 22.7. The number of aryl methyl sites for hydroxylation is 1. The molecule has 1 amide bonds. The second-order valence-corrected chi connectivity index (χ2v) is 9.84. The molecule has 2 atom stereocenters. The highest BCUT2D eigenvalue weighted by molar-refractivity contribution is 7.80. The Bertz CT molecular complexity index is 1440. The van der Waals surface area contributed by atoms with E-state index in [9.17, 15) is 4.79 Å². The van der Waals surface area contributed by atoms with Gasteiger partial charge in [-0.05, 0) is 73.6 Å². The number of nitrogens with one attached hydrogen (secondary N) is 2. The highest BCUT2D eigenvalue weighted by atomic mass is 35.5. The molecule has 0 saturated carbocycles. The molecule has 4 aromatic rings. The van der Waals surface area contributed by atoms with Crippen LogP contribution in [0.1, 0.15) is 41.1 Å². The van der Waals surface area contributed by atoms with Crippen LogP contribution in [-0.2, 0) is 4.79 Å². The van der Waals surface area contributed by atoms with Crippen molar-refractivity contribution in [2.45, 2.75) is 32.4 Å². The zero-order valence-electron chi connectivity index (χ0n) is 20.6. The molecule has 37 heavy (non-hydrogen) atoms. The lowest BCUT2D eigenvalue weighted by molar-refractivity contribution is -0.116. The van der Waals surface area contributed by atoms with Crippen LogP contribution < -0.4 is 10.6 Å². The maximum absolute atomic E-state index is 12.8. The number of pyridine rings is 1. The average molecular weight is 531 g/mol. The van der Waals surface area contributed by atoms with Crippen molar-refractivity contribution in [1.29, 1.82) is 0 Å². The summed E-state index contributed by atoms with van der Waals surface area (Å²) in [5.41, 5.74) is 4.56. The number of amides is 1. The molecule has 6 nitrogen and oxygen atoms in total. The van der Waals surface area contributed by atoms with E-state index in [4.69, 9.17) is 28.2 Å². The molecule has 0 radical (unpaired) electrons. The fraction of sp³-hybridized carbons (Fsp3) is 0.207. The van der Waals surface area contributed by atoms with Gasteiger partial charge in [0.05, 0.1) is 11.7 Å². The van der Waals surface area contributed by atoms with Gasteiger partial charge in [0, 0.05) is 35.4 Å². The third kappa shape index (κ3) is 5.24. The van der Waals surface area contributed by atoms with E-state index >= 15 is 0 Å². The number of hydrogen-bond acceptors (Lipinski definition) is 4. The second kappa shape index (κ2) is 10.7. The number of furan rings is 1. The van der Waals surface area contributed by atoms with E-state index in [0.717, 1.165) is 39.6 Å². The fourth-order valence-corrected chi connectivity index (χ4v) is 5.14. The van der Waals surface area contributed by atoms with Crippen molar-refractivity contribution in [2.24, 2.45) is 0 Å². The molecule has 5 rings (SSSR count). The summed E-state index contributed by atoms with van der Waals surface area (Å²) < 4.78 is 6.41. The van der Waals surface area contributed by atoms with Crippen molar-refractivity contribution < 1.29 is 9.21 Å². The maximum atomic E-state index is 12.8. The first-order valence-electron chi connectivity index (χ1n) is 12.1. The first kappa shape index (κ1) is 25.0. The number of benzene rings is 2. The van der Waals surface area contributed by atoms with E-state index in [1.54, 1.807) is 6.20 Å². The van der Waals surface area contributed by atoms with E-state index in [2.05, 4.69) is 15.6 Å². The van der Waals surface area contributed by atoms with Crippen LogP contribution in [0.4, 0.5) is 5.69 Å². The van der Waals surface area contributed by atoms with E-state index in [-0.39, 0.29) is 24.4 Å². The Morgan fingerprint density at radius 1 is 1.08 bits per heavy atom. The number of nitrogens with zero attached hydrogens (tertiary/aromatic N) is 2. The van der Waals surface area contributed by atoms with Crippen molar-refractivity contribution in [2.75, 3.05) is 11.9 Å². The minimum Gasteiger partial charge on any atom is -0.459 e. The second-order valence-electron chi connectivity index (χ2n) is 9.05. The van der Waals surface area contributed by atoms with Crippen LogP contribution in [0, 0.1) is 13.8 Å². The van der Waals surface area contributed by atoms with Gasteiger partial charge < -0.3 is 20.0 Å². The molecule has 2 N–H and O–H groups in total. The van der Waals surface area contributed by atoms with Crippen molar-refractivity contribution in [3.63, 3.8) is 0 Å². The van der Waals surface area contributed by atoms with Crippen LogP contribution >= 0.6 is 23.8 Å². The molecular formula is C29H27ClN4O2S. The number of carbonyl (C=O) groups is 1. The molecule has 3 heterocycles. The van der Waals surface area contributed by atoms with Gasteiger partial charge >= 0.3 is 0 Å². The van der Waals surface area contributed by atoms with E-state index in [1.807, 2.05) is 91.5 Å². The molecule has 8 heteroatoms. The summed E-state index contributed by atoms with van der Waals surface area (Å²) >= 11 is 12.1. The Morgan fingerprint density at radius 2 is 1.89 bits per heavy atom.